The molecule has 0 unspecified atom stereocenters. The second-order valence-corrected chi connectivity index (χ2v) is 5.90. The van der Waals surface area contributed by atoms with E-state index in [-0.39, 0.29) is 11.7 Å². The maximum atomic E-state index is 12.8. The van der Waals surface area contributed by atoms with Crippen LogP contribution in [0.2, 0.25) is 0 Å². The molecule has 0 spiro atoms. The van der Waals surface area contributed by atoms with Crippen LogP contribution in [0.25, 0.3) is 0 Å². The molecule has 0 saturated carbocycles. The highest BCUT2D eigenvalue weighted by Gasteiger charge is 2.17. The second-order valence-electron chi connectivity index (χ2n) is 5.90. The van der Waals surface area contributed by atoms with Crippen LogP contribution in [0.5, 0.6) is 5.75 Å². The lowest BCUT2D eigenvalue weighted by molar-refractivity contribution is 0.102. The maximum absolute atomic E-state index is 12.8. The van der Waals surface area contributed by atoms with Gasteiger partial charge < -0.3 is 10.1 Å². The zero-order valence-corrected chi connectivity index (χ0v) is 14.7. The van der Waals surface area contributed by atoms with Crippen LogP contribution in [-0.2, 0) is 0 Å². The largest absolute Gasteiger partial charge is 0.496 e. The Kier molecular flexibility index (Phi) is 5.13. The average Bonchev–Trinajstić information content (AvgIpc) is 2.68. The Balaban J connectivity index is 1.93. The number of amides is 1. The monoisotopic (exact) mass is 345 g/mol. The lowest BCUT2D eigenvalue weighted by Crippen LogP contribution is -2.16. The minimum atomic E-state index is -0.320. The summed E-state index contributed by atoms with van der Waals surface area (Å²) >= 11 is 0. The van der Waals surface area contributed by atoms with Gasteiger partial charge in [-0.2, -0.15) is 0 Å². The Morgan fingerprint density at radius 2 is 1.54 bits per heavy atom. The summed E-state index contributed by atoms with van der Waals surface area (Å²) in [5.74, 6) is 0.0246. The number of rotatable bonds is 5. The van der Waals surface area contributed by atoms with Crippen molar-refractivity contribution in [3.05, 3.63) is 95.1 Å². The number of carbonyl (C=O) groups excluding carboxylic acids is 2. The van der Waals surface area contributed by atoms with Gasteiger partial charge in [-0.05, 0) is 31.2 Å². The number of benzene rings is 3. The van der Waals surface area contributed by atoms with Crippen LogP contribution >= 0.6 is 0 Å². The molecular weight excluding hydrogens is 326 g/mol. The predicted molar refractivity (Wildman–Crippen MR) is 102 cm³/mol. The summed E-state index contributed by atoms with van der Waals surface area (Å²) < 4.78 is 5.28. The highest BCUT2D eigenvalue weighted by Crippen LogP contribution is 2.24. The van der Waals surface area contributed by atoms with E-state index in [1.807, 2.05) is 31.2 Å². The van der Waals surface area contributed by atoms with Gasteiger partial charge in [-0.1, -0.05) is 54.1 Å². The molecule has 1 amide bonds. The van der Waals surface area contributed by atoms with E-state index in [1.165, 1.54) is 7.11 Å². The molecule has 130 valence electrons. The van der Waals surface area contributed by atoms with Gasteiger partial charge in [0.25, 0.3) is 5.91 Å². The Morgan fingerprint density at radius 1 is 0.846 bits per heavy atom. The number of methoxy groups -OCH3 is 1. The van der Waals surface area contributed by atoms with Gasteiger partial charge in [-0.3, -0.25) is 9.59 Å². The highest BCUT2D eigenvalue weighted by atomic mass is 16.5. The highest BCUT2D eigenvalue weighted by molar-refractivity contribution is 6.15. The van der Waals surface area contributed by atoms with Crippen LogP contribution in [0, 0.1) is 6.92 Å². The molecule has 0 aliphatic rings. The van der Waals surface area contributed by atoms with Crippen LogP contribution in [0.1, 0.15) is 31.8 Å². The summed E-state index contributed by atoms with van der Waals surface area (Å²) in [6.07, 6.45) is 0. The fourth-order valence-electron chi connectivity index (χ4n) is 2.72. The lowest BCUT2D eigenvalue weighted by atomic mass is 10.0. The Morgan fingerprint density at radius 3 is 2.27 bits per heavy atom. The van der Waals surface area contributed by atoms with Crippen LogP contribution in [0.4, 0.5) is 5.69 Å². The van der Waals surface area contributed by atoms with Gasteiger partial charge in [0.1, 0.15) is 5.75 Å². The minimum absolute atomic E-state index is 0.141. The van der Waals surface area contributed by atoms with E-state index < -0.39 is 0 Å². The van der Waals surface area contributed by atoms with Crippen LogP contribution in [0.3, 0.4) is 0 Å². The zero-order valence-electron chi connectivity index (χ0n) is 14.7. The minimum Gasteiger partial charge on any atom is -0.496 e. The second kappa shape index (κ2) is 7.66. The first-order chi connectivity index (χ1) is 12.6. The Labute approximate surface area is 152 Å². The number of hydrogen-bond donors (Lipinski definition) is 1. The number of carbonyl (C=O) groups is 2. The van der Waals surface area contributed by atoms with Gasteiger partial charge in [0.05, 0.1) is 18.4 Å². The van der Waals surface area contributed by atoms with Crippen molar-refractivity contribution in [1.29, 1.82) is 0 Å². The number of anilines is 1. The van der Waals surface area contributed by atoms with Crippen molar-refractivity contribution in [3.8, 4) is 5.75 Å². The van der Waals surface area contributed by atoms with E-state index in [2.05, 4.69) is 5.32 Å². The molecule has 0 aromatic heterocycles. The molecule has 0 atom stereocenters. The van der Waals surface area contributed by atoms with Gasteiger partial charge in [0.2, 0.25) is 0 Å². The number of ketones is 1. The topological polar surface area (TPSA) is 55.4 Å². The molecule has 3 rings (SSSR count). The number of nitrogens with one attached hydrogen (secondary N) is 1. The summed E-state index contributed by atoms with van der Waals surface area (Å²) in [5, 5.41) is 2.84. The third-order valence-electron chi connectivity index (χ3n) is 4.06. The first kappa shape index (κ1) is 17.4. The fourth-order valence-corrected chi connectivity index (χ4v) is 2.72. The van der Waals surface area contributed by atoms with Crippen LogP contribution in [0.15, 0.2) is 72.8 Å². The molecule has 0 aliphatic carbocycles. The van der Waals surface area contributed by atoms with Gasteiger partial charge >= 0.3 is 0 Å². The van der Waals surface area contributed by atoms with E-state index in [0.717, 1.165) is 5.56 Å². The van der Waals surface area contributed by atoms with Crippen molar-refractivity contribution in [1.82, 2.24) is 0 Å². The Bertz CT molecular complexity index is 949. The molecule has 0 fully saturated rings. The first-order valence-corrected chi connectivity index (χ1v) is 8.25. The van der Waals surface area contributed by atoms with Crippen molar-refractivity contribution in [2.75, 3.05) is 12.4 Å². The molecule has 3 aromatic rings. The first-order valence-electron chi connectivity index (χ1n) is 8.25. The molecule has 4 nitrogen and oxygen atoms in total. The summed E-state index contributed by atoms with van der Waals surface area (Å²) in [6.45, 7) is 1.91. The van der Waals surface area contributed by atoms with E-state index in [4.69, 9.17) is 4.74 Å². The van der Waals surface area contributed by atoms with Crippen molar-refractivity contribution in [3.63, 3.8) is 0 Å². The predicted octanol–water partition coefficient (Wildman–Crippen LogP) is 4.49. The van der Waals surface area contributed by atoms with Crippen molar-refractivity contribution in [2.45, 2.75) is 6.92 Å². The number of hydrogen-bond acceptors (Lipinski definition) is 3. The van der Waals surface area contributed by atoms with Crippen molar-refractivity contribution in [2.24, 2.45) is 0 Å². The van der Waals surface area contributed by atoms with Crippen LogP contribution < -0.4 is 10.1 Å². The van der Waals surface area contributed by atoms with Gasteiger partial charge in [0.15, 0.2) is 5.78 Å². The van der Waals surface area contributed by atoms with E-state index in [9.17, 15) is 9.59 Å². The molecule has 26 heavy (non-hydrogen) atoms. The molecule has 0 saturated heterocycles. The molecule has 0 radical (unpaired) electrons. The van der Waals surface area contributed by atoms with E-state index >= 15 is 0 Å². The standard InChI is InChI=1S/C22H19NO3/c1-15-12-13-20(26-2)18(14-15)22(25)23-19-11-7-6-10-17(19)21(24)16-8-4-3-5-9-16/h3-14H,1-2H3,(H,23,25). The SMILES string of the molecule is COc1ccc(C)cc1C(=O)Nc1ccccc1C(=O)c1ccccc1. The molecule has 0 bridgehead atoms. The molecule has 4 heteroatoms. The van der Waals surface area contributed by atoms with Gasteiger partial charge in [0, 0.05) is 11.1 Å². The normalized spacial score (nSPS) is 10.2. The summed E-state index contributed by atoms with van der Waals surface area (Å²) in [4.78, 5) is 25.5. The molecule has 3 aromatic carbocycles. The molecule has 1 N–H and O–H groups in total. The fraction of sp³-hybridized carbons (Fsp3) is 0.0909. The smallest absolute Gasteiger partial charge is 0.259 e. The Hall–Kier alpha value is -3.40. The van der Waals surface area contributed by atoms with E-state index in [1.54, 1.807) is 48.5 Å². The number of aryl methyl sites for hydroxylation is 1. The average molecular weight is 345 g/mol. The zero-order chi connectivity index (χ0) is 18.5. The number of ether oxygens (including phenoxy) is 1. The quantitative estimate of drug-likeness (QED) is 0.693. The summed E-state index contributed by atoms with van der Waals surface area (Å²) in [6, 6.07) is 21.4. The van der Waals surface area contributed by atoms with Gasteiger partial charge in [-0.25, -0.2) is 0 Å². The van der Waals surface area contributed by atoms with Crippen LogP contribution in [-0.4, -0.2) is 18.8 Å². The molecular formula is C22H19NO3. The van der Waals surface area contributed by atoms with Gasteiger partial charge in [-0.15, -0.1) is 0 Å². The molecule has 0 heterocycles. The van der Waals surface area contributed by atoms with Crippen molar-refractivity contribution < 1.29 is 14.3 Å². The van der Waals surface area contributed by atoms with E-state index in [0.29, 0.717) is 28.1 Å². The third kappa shape index (κ3) is 3.64. The molecule has 0 aliphatic heterocycles. The summed E-state index contributed by atoms with van der Waals surface area (Å²) in [7, 11) is 1.52. The maximum Gasteiger partial charge on any atom is 0.259 e. The third-order valence-corrected chi connectivity index (χ3v) is 4.06. The summed E-state index contributed by atoms with van der Waals surface area (Å²) in [5.41, 5.74) is 2.86. The van der Waals surface area contributed by atoms with Crippen molar-refractivity contribution >= 4 is 17.4 Å². The lowest BCUT2D eigenvalue weighted by Gasteiger charge is -2.13. The number of para-hydroxylation sites is 1.